The monoisotopic (exact) mass is 267 g/mol. The molecule has 1 aromatic rings. The van der Waals surface area contributed by atoms with E-state index in [0.717, 1.165) is 13.1 Å². The van der Waals surface area contributed by atoms with E-state index in [4.69, 9.17) is 5.11 Å². The van der Waals surface area contributed by atoms with Crippen LogP contribution < -0.4 is 0 Å². The molecule has 0 amide bonds. The van der Waals surface area contributed by atoms with Crippen LogP contribution in [0.15, 0.2) is 16.8 Å². The Morgan fingerprint density at radius 2 is 2.28 bits per heavy atom. The molecule has 2 rings (SSSR count). The fourth-order valence-corrected chi connectivity index (χ4v) is 2.64. The molecule has 0 saturated heterocycles. The number of aliphatic carboxylic acids is 1. The molecule has 1 aliphatic rings. The van der Waals surface area contributed by atoms with E-state index >= 15 is 0 Å². The third-order valence-electron chi connectivity index (χ3n) is 3.63. The van der Waals surface area contributed by atoms with E-state index in [1.54, 1.807) is 11.3 Å². The Balaban J connectivity index is 1.89. The van der Waals surface area contributed by atoms with E-state index in [1.807, 2.05) is 13.8 Å². The Bertz CT molecular complexity index is 396. The van der Waals surface area contributed by atoms with Crippen molar-refractivity contribution in [1.29, 1.82) is 0 Å². The highest BCUT2D eigenvalue weighted by atomic mass is 32.1. The number of carboxylic acid groups (broad SMARTS) is 1. The van der Waals surface area contributed by atoms with Gasteiger partial charge in [0.2, 0.25) is 0 Å². The van der Waals surface area contributed by atoms with Crippen molar-refractivity contribution in [2.75, 3.05) is 6.54 Å². The van der Waals surface area contributed by atoms with Crippen LogP contribution in [0.2, 0.25) is 0 Å². The Morgan fingerprint density at radius 1 is 1.56 bits per heavy atom. The standard InChI is InChI=1S/C14H21NO2S/c1-14(2,13(16)17)6-7-15(12-3-4-12)9-11-5-8-18-10-11/h5,8,10,12H,3-4,6-7,9H2,1-2H3,(H,16,17). The molecule has 18 heavy (non-hydrogen) atoms. The fraction of sp³-hybridized carbons (Fsp3) is 0.643. The normalized spacial score (nSPS) is 16.2. The Hall–Kier alpha value is -0.870. The minimum atomic E-state index is -0.700. The molecule has 4 heteroatoms. The minimum absolute atomic E-state index is 0.623. The van der Waals surface area contributed by atoms with Gasteiger partial charge in [-0.3, -0.25) is 9.69 Å². The lowest BCUT2D eigenvalue weighted by atomic mass is 9.89. The van der Waals surface area contributed by atoms with Gasteiger partial charge in [0, 0.05) is 12.6 Å². The maximum atomic E-state index is 11.1. The second kappa shape index (κ2) is 5.41. The van der Waals surface area contributed by atoms with Gasteiger partial charge in [-0.15, -0.1) is 0 Å². The summed E-state index contributed by atoms with van der Waals surface area (Å²) < 4.78 is 0. The van der Waals surface area contributed by atoms with Crippen molar-refractivity contribution in [1.82, 2.24) is 4.90 Å². The summed E-state index contributed by atoms with van der Waals surface area (Å²) in [5, 5.41) is 13.4. The lowest BCUT2D eigenvalue weighted by Crippen LogP contribution is -2.33. The van der Waals surface area contributed by atoms with Crippen LogP contribution in [0.25, 0.3) is 0 Å². The summed E-state index contributed by atoms with van der Waals surface area (Å²) in [7, 11) is 0. The van der Waals surface area contributed by atoms with Gasteiger partial charge < -0.3 is 5.11 Å². The average Bonchev–Trinajstić information content (AvgIpc) is 3.02. The first-order chi connectivity index (χ1) is 8.49. The molecule has 1 fully saturated rings. The van der Waals surface area contributed by atoms with Gasteiger partial charge in [0.15, 0.2) is 0 Å². The molecule has 3 nitrogen and oxygen atoms in total. The lowest BCUT2D eigenvalue weighted by molar-refractivity contribution is -0.147. The number of rotatable bonds is 7. The van der Waals surface area contributed by atoms with Gasteiger partial charge in [-0.2, -0.15) is 11.3 Å². The van der Waals surface area contributed by atoms with Crippen LogP contribution >= 0.6 is 11.3 Å². The molecular formula is C14H21NO2S. The molecule has 1 heterocycles. The highest BCUT2D eigenvalue weighted by molar-refractivity contribution is 7.07. The zero-order valence-corrected chi connectivity index (χ0v) is 11.9. The van der Waals surface area contributed by atoms with Gasteiger partial charge in [-0.1, -0.05) is 0 Å². The van der Waals surface area contributed by atoms with Crippen LogP contribution in [0.1, 0.15) is 38.7 Å². The molecule has 0 spiro atoms. The predicted molar refractivity (Wildman–Crippen MR) is 73.8 cm³/mol. The van der Waals surface area contributed by atoms with Gasteiger partial charge in [0.25, 0.3) is 0 Å². The van der Waals surface area contributed by atoms with Crippen molar-refractivity contribution in [3.05, 3.63) is 22.4 Å². The number of nitrogens with zero attached hydrogens (tertiary/aromatic N) is 1. The largest absolute Gasteiger partial charge is 0.481 e. The molecule has 0 aromatic carbocycles. The lowest BCUT2D eigenvalue weighted by Gasteiger charge is -2.26. The van der Waals surface area contributed by atoms with Crippen molar-refractivity contribution in [2.45, 2.75) is 45.7 Å². The Kier molecular flexibility index (Phi) is 4.07. The molecule has 0 bridgehead atoms. The fourth-order valence-electron chi connectivity index (χ4n) is 1.98. The van der Waals surface area contributed by atoms with E-state index in [2.05, 4.69) is 21.7 Å². The van der Waals surface area contributed by atoms with Gasteiger partial charge in [0.05, 0.1) is 5.41 Å². The molecule has 0 radical (unpaired) electrons. The van der Waals surface area contributed by atoms with Crippen molar-refractivity contribution in [3.8, 4) is 0 Å². The molecule has 0 unspecified atom stereocenters. The van der Waals surface area contributed by atoms with Gasteiger partial charge in [-0.25, -0.2) is 0 Å². The van der Waals surface area contributed by atoms with E-state index < -0.39 is 11.4 Å². The highest BCUT2D eigenvalue weighted by Crippen LogP contribution is 2.31. The highest BCUT2D eigenvalue weighted by Gasteiger charge is 2.32. The third-order valence-corrected chi connectivity index (χ3v) is 4.36. The molecule has 1 aliphatic carbocycles. The maximum absolute atomic E-state index is 11.1. The average molecular weight is 267 g/mol. The molecule has 1 N–H and O–H groups in total. The SMILES string of the molecule is CC(C)(CCN(Cc1ccsc1)C1CC1)C(=O)O. The minimum Gasteiger partial charge on any atom is -0.481 e. The van der Waals surface area contributed by atoms with Gasteiger partial charge in [-0.05, 0) is 62.0 Å². The Morgan fingerprint density at radius 3 is 2.78 bits per heavy atom. The maximum Gasteiger partial charge on any atom is 0.309 e. The second-order valence-electron chi connectivity index (χ2n) is 5.77. The molecule has 0 aliphatic heterocycles. The van der Waals surface area contributed by atoms with E-state index in [1.165, 1.54) is 18.4 Å². The van der Waals surface area contributed by atoms with Crippen LogP contribution in [-0.4, -0.2) is 28.6 Å². The molecule has 1 saturated carbocycles. The predicted octanol–water partition coefficient (Wildman–Crippen LogP) is 3.21. The summed E-state index contributed by atoms with van der Waals surface area (Å²) in [5.41, 5.74) is 0.724. The Labute approximate surface area is 112 Å². The van der Waals surface area contributed by atoms with Gasteiger partial charge >= 0.3 is 5.97 Å². The summed E-state index contributed by atoms with van der Waals surface area (Å²) in [6, 6.07) is 2.83. The molecule has 1 aromatic heterocycles. The summed E-state index contributed by atoms with van der Waals surface area (Å²) in [4.78, 5) is 13.6. The zero-order valence-electron chi connectivity index (χ0n) is 11.1. The van der Waals surface area contributed by atoms with Crippen molar-refractivity contribution in [2.24, 2.45) is 5.41 Å². The molecule has 100 valence electrons. The number of hydrogen-bond donors (Lipinski definition) is 1. The van der Waals surface area contributed by atoms with E-state index in [9.17, 15) is 4.79 Å². The number of hydrogen-bond acceptors (Lipinski definition) is 3. The smallest absolute Gasteiger partial charge is 0.309 e. The van der Waals surface area contributed by atoms with Gasteiger partial charge in [0.1, 0.15) is 0 Å². The first-order valence-corrected chi connectivity index (χ1v) is 7.42. The summed E-state index contributed by atoms with van der Waals surface area (Å²) in [6.45, 7) is 5.46. The van der Waals surface area contributed by atoms with E-state index in [-0.39, 0.29) is 0 Å². The molecule has 0 atom stereocenters. The van der Waals surface area contributed by atoms with Crippen LogP contribution in [-0.2, 0) is 11.3 Å². The number of thiophene rings is 1. The van der Waals surface area contributed by atoms with Crippen LogP contribution in [0, 0.1) is 5.41 Å². The van der Waals surface area contributed by atoms with Crippen molar-refractivity contribution >= 4 is 17.3 Å². The first-order valence-electron chi connectivity index (χ1n) is 6.47. The topological polar surface area (TPSA) is 40.5 Å². The zero-order chi connectivity index (χ0) is 13.2. The summed E-state index contributed by atoms with van der Waals surface area (Å²) >= 11 is 1.72. The number of carbonyl (C=O) groups is 1. The quantitative estimate of drug-likeness (QED) is 0.824. The molecular weight excluding hydrogens is 246 g/mol. The van der Waals surface area contributed by atoms with Crippen LogP contribution in [0.3, 0.4) is 0 Å². The summed E-state index contributed by atoms with van der Waals surface area (Å²) in [6.07, 6.45) is 3.23. The van der Waals surface area contributed by atoms with Crippen LogP contribution in [0.5, 0.6) is 0 Å². The second-order valence-corrected chi connectivity index (χ2v) is 6.55. The van der Waals surface area contributed by atoms with E-state index in [0.29, 0.717) is 12.5 Å². The van der Waals surface area contributed by atoms with Crippen LogP contribution in [0.4, 0.5) is 0 Å². The summed E-state index contributed by atoms with van der Waals surface area (Å²) in [5.74, 6) is -0.700. The first kappa shape index (κ1) is 13.6. The van der Waals surface area contributed by atoms with Crippen molar-refractivity contribution < 1.29 is 9.90 Å². The third kappa shape index (κ3) is 3.56. The number of carboxylic acids is 1. The van der Waals surface area contributed by atoms with Crippen molar-refractivity contribution in [3.63, 3.8) is 0 Å².